The lowest BCUT2D eigenvalue weighted by atomic mass is 10.0. The molecule has 0 saturated heterocycles. The summed E-state index contributed by atoms with van der Waals surface area (Å²) in [5.41, 5.74) is 0. The highest BCUT2D eigenvalue weighted by Gasteiger charge is 2.20. The highest BCUT2D eigenvalue weighted by atomic mass is 16.5. The van der Waals surface area contributed by atoms with Gasteiger partial charge in [0.15, 0.2) is 0 Å². The fraction of sp³-hybridized carbons (Fsp3) is 0.906. The molecule has 0 aromatic rings. The second-order valence-corrected chi connectivity index (χ2v) is 21.7. The Kier molecular flexibility index (Phi) is 58.5. The standard InChI is InChI=1S/C64H123NO5/c1-3-5-7-9-11-13-15-16-35-38-42-46-50-54-58-64(69)70-59-55-51-47-43-39-36-33-31-29-27-25-23-21-19-17-18-20-22-24-26-28-30-32-34-37-41-45-49-53-57-63(68)65-61(60-66)62(67)56-52-48-44-40-14-12-10-8-6-4-2/h17,19,23,25,61-62,66-67H,3-16,18,20-22,24,26-60H2,1-2H3,(H,65,68)/b19-17-,25-23-. The number of hydrogen-bond acceptors (Lipinski definition) is 5. The molecule has 414 valence electrons. The van der Waals surface area contributed by atoms with Crippen molar-refractivity contribution in [2.45, 2.75) is 360 Å². The van der Waals surface area contributed by atoms with Crippen molar-refractivity contribution in [3.05, 3.63) is 24.3 Å². The van der Waals surface area contributed by atoms with Crippen molar-refractivity contribution >= 4 is 11.9 Å². The lowest BCUT2D eigenvalue weighted by Crippen LogP contribution is -2.45. The SMILES string of the molecule is CCCCCCCCCCCCCCCCC(=O)OCCCCCCCCCCC/C=C\C/C=C\CCCCCCCCCCCCCCCC(=O)NC(CO)C(O)CCCCCCCCCCCC. The Morgan fingerprint density at radius 2 is 0.714 bits per heavy atom. The summed E-state index contributed by atoms with van der Waals surface area (Å²) < 4.78 is 5.48. The number of allylic oxidation sites excluding steroid dienone is 4. The van der Waals surface area contributed by atoms with Gasteiger partial charge < -0.3 is 20.3 Å². The summed E-state index contributed by atoms with van der Waals surface area (Å²) in [7, 11) is 0. The number of ether oxygens (including phenoxy) is 1. The quantitative estimate of drug-likeness (QED) is 0.0321. The third-order valence-corrected chi connectivity index (χ3v) is 14.8. The zero-order valence-electron chi connectivity index (χ0n) is 47.3. The van der Waals surface area contributed by atoms with Crippen LogP contribution in [0.25, 0.3) is 0 Å². The summed E-state index contributed by atoms with van der Waals surface area (Å²) in [6.07, 6.45) is 73.5. The maximum absolute atomic E-state index is 12.4. The van der Waals surface area contributed by atoms with E-state index < -0.39 is 12.1 Å². The number of esters is 1. The Morgan fingerprint density at radius 3 is 1.09 bits per heavy atom. The number of carbonyl (C=O) groups is 2. The smallest absolute Gasteiger partial charge is 0.305 e. The van der Waals surface area contributed by atoms with Crippen LogP contribution in [0.15, 0.2) is 24.3 Å². The molecular formula is C64H123NO5. The van der Waals surface area contributed by atoms with Crippen molar-refractivity contribution in [3.63, 3.8) is 0 Å². The van der Waals surface area contributed by atoms with Gasteiger partial charge in [-0.1, -0.05) is 301 Å². The summed E-state index contributed by atoms with van der Waals surface area (Å²) in [6, 6.07) is -0.540. The molecule has 1 amide bonds. The monoisotopic (exact) mass is 986 g/mol. The Labute approximate surface area is 437 Å². The highest BCUT2D eigenvalue weighted by Crippen LogP contribution is 2.18. The molecule has 0 spiro atoms. The lowest BCUT2D eigenvalue weighted by molar-refractivity contribution is -0.143. The van der Waals surface area contributed by atoms with Crippen LogP contribution in [0.2, 0.25) is 0 Å². The number of carbonyl (C=O) groups excluding carboxylic acids is 2. The number of unbranched alkanes of at least 4 members (excludes halogenated alkanes) is 44. The molecule has 0 fully saturated rings. The summed E-state index contributed by atoms with van der Waals surface area (Å²) >= 11 is 0. The Morgan fingerprint density at radius 1 is 0.400 bits per heavy atom. The maximum atomic E-state index is 12.4. The normalized spacial score (nSPS) is 12.7. The van der Waals surface area contributed by atoms with E-state index in [4.69, 9.17) is 4.74 Å². The minimum absolute atomic E-state index is 0.0145. The molecular weight excluding hydrogens is 863 g/mol. The van der Waals surface area contributed by atoms with E-state index in [1.807, 2.05) is 0 Å². The zero-order valence-corrected chi connectivity index (χ0v) is 47.3. The summed E-state index contributed by atoms with van der Waals surface area (Å²) in [5, 5.41) is 23.2. The van der Waals surface area contributed by atoms with Crippen molar-refractivity contribution in [2.75, 3.05) is 13.2 Å². The van der Waals surface area contributed by atoms with Crippen LogP contribution in [0.5, 0.6) is 0 Å². The lowest BCUT2D eigenvalue weighted by Gasteiger charge is -2.22. The van der Waals surface area contributed by atoms with Gasteiger partial charge in [0.25, 0.3) is 0 Å². The highest BCUT2D eigenvalue weighted by molar-refractivity contribution is 5.76. The predicted molar refractivity (Wildman–Crippen MR) is 306 cm³/mol. The summed E-state index contributed by atoms with van der Waals surface area (Å²) in [4.78, 5) is 24.5. The molecule has 0 aliphatic carbocycles. The molecule has 0 saturated carbocycles. The summed E-state index contributed by atoms with van der Waals surface area (Å²) in [6.45, 7) is 4.95. The van der Waals surface area contributed by atoms with E-state index in [0.29, 0.717) is 25.9 Å². The number of aliphatic hydroxyl groups is 2. The third-order valence-electron chi connectivity index (χ3n) is 14.8. The molecule has 0 heterocycles. The van der Waals surface area contributed by atoms with Crippen LogP contribution in [0.3, 0.4) is 0 Å². The molecule has 2 atom stereocenters. The fourth-order valence-electron chi connectivity index (χ4n) is 9.91. The molecule has 70 heavy (non-hydrogen) atoms. The van der Waals surface area contributed by atoms with Gasteiger partial charge in [-0.3, -0.25) is 9.59 Å². The van der Waals surface area contributed by atoms with E-state index in [-0.39, 0.29) is 18.5 Å². The van der Waals surface area contributed by atoms with Crippen molar-refractivity contribution in [1.82, 2.24) is 5.32 Å². The minimum atomic E-state index is -0.662. The first-order valence-electron chi connectivity index (χ1n) is 31.6. The molecule has 6 heteroatoms. The van der Waals surface area contributed by atoms with Crippen molar-refractivity contribution in [2.24, 2.45) is 0 Å². The van der Waals surface area contributed by atoms with Crippen LogP contribution in [0.1, 0.15) is 348 Å². The van der Waals surface area contributed by atoms with E-state index >= 15 is 0 Å². The maximum Gasteiger partial charge on any atom is 0.305 e. The first kappa shape index (κ1) is 68.3. The summed E-state index contributed by atoms with van der Waals surface area (Å²) in [5.74, 6) is -0.0221. The minimum Gasteiger partial charge on any atom is -0.466 e. The molecule has 0 rings (SSSR count). The Hall–Kier alpha value is -1.66. The van der Waals surface area contributed by atoms with Gasteiger partial charge >= 0.3 is 5.97 Å². The zero-order chi connectivity index (χ0) is 50.7. The molecule has 0 aliphatic heterocycles. The molecule has 3 N–H and O–H groups in total. The second-order valence-electron chi connectivity index (χ2n) is 21.7. The van der Waals surface area contributed by atoms with Crippen LogP contribution in [0, 0.1) is 0 Å². The predicted octanol–water partition coefficient (Wildman–Crippen LogP) is 19.8. The average molecular weight is 987 g/mol. The van der Waals surface area contributed by atoms with Gasteiger partial charge in [0.2, 0.25) is 5.91 Å². The number of rotatable bonds is 59. The van der Waals surface area contributed by atoms with Gasteiger partial charge in [0.1, 0.15) is 0 Å². The Bertz CT molecular complexity index is 1090. The van der Waals surface area contributed by atoms with E-state index in [1.54, 1.807) is 0 Å². The second kappa shape index (κ2) is 59.9. The fourth-order valence-corrected chi connectivity index (χ4v) is 9.91. The van der Waals surface area contributed by atoms with E-state index in [9.17, 15) is 19.8 Å². The number of nitrogens with one attached hydrogen (secondary N) is 1. The number of hydrogen-bond donors (Lipinski definition) is 3. The van der Waals surface area contributed by atoms with Crippen molar-refractivity contribution in [3.8, 4) is 0 Å². The molecule has 2 unspecified atom stereocenters. The Balaban J connectivity index is 3.37. The molecule has 0 aromatic carbocycles. The molecule has 0 radical (unpaired) electrons. The third kappa shape index (κ3) is 55.7. The molecule has 6 nitrogen and oxygen atoms in total. The average Bonchev–Trinajstić information content (AvgIpc) is 3.36. The van der Waals surface area contributed by atoms with Gasteiger partial charge in [-0.25, -0.2) is 0 Å². The van der Waals surface area contributed by atoms with Gasteiger partial charge in [-0.05, 0) is 57.8 Å². The first-order chi connectivity index (χ1) is 34.5. The molecule has 0 aliphatic rings. The first-order valence-corrected chi connectivity index (χ1v) is 31.6. The number of aliphatic hydroxyl groups excluding tert-OH is 2. The van der Waals surface area contributed by atoms with Gasteiger partial charge in [-0.2, -0.15) is 0 Å². The van der Waals surface area contributed by atoms with E-state index in [2.05, 4.69) is 43.5 Å². The van der Waals surface area contributed by atoms with Crippen LogP contribution in [0.4, 0.5) is 0 Å². The van der Waals surface area contributed by atoms with Crippen molar-refractivity contribution < 1.29 is 24.5 Å². The largest absolute Gasteiger partial charge is 0.466 e. The van der Waals surface area contributed by atoms with Gasteiger partial charge in [-0.15, -0.1) is 0 Å². The van der Waals surface area contributed by atoms with Crippen LogP contribution < -0.4 is 5.32 Å². The topological polar surface area (TPSA) is 95.9 Å². The molecule has 0 aromatic heterocycles. The van der Waals surface area contributed by atoms with E-state index in [1.165, 1.54) is 270 Å². The van der Waals surface area contributed by atoms with E-state index in [0.717, 1.165) is 44.9 Å². The van der Waals surface area contributed by atoms with Gasteiger partial charge in [0.05, 0.1) is 25.4 Å². The van der Waals surface area contributed by atoms with Crippen LogP contribution in [-0.4, -0.2) is 47.4 Å². The number of amides is 1. The van der Waals surface area contributed by atoms with Crippen LogP contribution >= 0.6 is 0 Å². The van der Waals surface area contributed by atoms with Gasteiger partial charge in [0, 0.05) is 12.8 Å². The molecule has 0 bridgehead atoms. The van der Waals surface area contributed by atoms with Crippen molar-refractivity contribution in [1.29, 1.82) is 0 Å². The van der Waals surface area contributed by atoms with Crippen LogP contribution in [-0.2, 0) is 14.3 Å².